The van der Waals surface area contributed by atoms with Crippen LogP contribution in [0.25, 0.3) is 14.1 Å². The summed E-state index contributed by atoms with van der Waals surface area (Å²) < 4.78 is 1.49. The monoisotopic (exact) mass is 390 g/mol. The van der Waals surface area contributed by atoms with E-state index in [9.17, 15) is 0 Å². The zero-order chi connectivity index (χ0) is 14.4. The summed E-state index contributed by atoms with van der Waals surface area (Å²) in [4.78, 5) is 0. The minimum absolute atomic E-state index is 0.235. The van der Waals surface area contributed by atoms with Crippen molar-refractivity contribution < 1.29 is 17.9 Å². The summed E-state index contributed by atoms with van der Waals surface area (Å²) >= 11 is -3.42. The first-order chi connectivity index (χ1) is 10.2. The molecule has 0 bridgehead atoms. The topological polar surface area (TPSA) is 0 Å². The Hall–Kier alpha value is -0.617. The van der Waals surface area contributed by atoms with Gasteiger partial charge in [0.15, 0.2) is 0 Å². The van der Waals surface area contributed by atoms with Gasteiger partial charge in [0.2, 0.25) is 0 Å². The van der Waals surface area contributed by atoms with Crippen molar-refractivity contribution in [2.45, 2.75) is 10.0 Å². The fourth-order valence-corrected chi connectivity index (χ4v) is 12.1. The van der Waals surface area contributed by atoms with E-state index in [4.69, 9.17) is 17.0 Å². The van der Waals surface area contributed by atoms with Gasteiger partial charge in [0.1, 0.15) is 0 Å². The molecule has 0 atom stereocenters. The van der Waals surface area contributed by atoms with Gasteiger partial charge in [-0.05, 0) is 0 Å². The van der Waals surface area contributed by atoms with Crippen molar-refractivity contribution in [1.82, 2.24) is 0 Å². The summed E-state index contributed by atoms with van der Waals surface area (Å²) in [5, 5.41) is 2.55. The van der Waals surface area contributed by atoms with E-state index in [0.29, 0.717) is 0 Å². The van der Waals surface area contributed by atoms with E-state index in [0.717, 1.165) is 6.42 Å². The number of fused-ring (bicyclic) bond motifs is 3. The second-order valence-electron chi connectivity index (χ2n) is 5.56. The molecule has 2 aromatic rings. The third-order valence-corrected chi connectivity index (χ3v) is 15.6. The fraction of sp³-hybridized carbons (Fsp3) is 0.111. The van der Waals surface area contributed by atoms with E-state index in [2.05, 4.69) is 66.8 Å². The van der Waals surface area contributed by atoms with Crippen LogP contribution in [0.1, 0.15) is 11.1 Å². The van der Waals surface area contributed by atoms with Gasteiger partial charge in [0.05, 0.1) is 0 Å². The third-order valence-electron chi connectivity index (χ3n) is 4.34. The van der Waals surface area contributed by atoms with Gasteiger partial charge in [-0.2, -0.15) is 0 Å². The van der Waals surface area contributed by atoms with Crippen LogP contribution in [0.3, 0.4) is 0 Å². The van der Waals surface area contributed by atoms with Crippen LogP contribution in [0.4, 0.5) is 0 Å². The van der Waals surface area contributed by atoms with Crippen LogP contribution in [0.5, 0.6) is 0 Å². The second kappa shape index (κ2) is 5.23. The van der Waals surface area contributed by atoms with Crippen molar-refractivity contribution in [3.63, 3.8) is 0 Å². The molecular weight excluding hydrogens is 378 g/mol. The zero-order valence-corrected chi connectivity index (χ0v) is 15.4. The molecule has 3 heteroatoms. The normalized spacial score (nSPS) is 17.5. The van der Waals surface area contributed by atoms with E-state index in [-0.39, 0.29) is 3.63 Å². The Kier molecular flexibility index (Phi) is 3.49. The van der Waals surface area contributed by atoms with Crippen LogP contribution in [-0.2, 0) is 24.3 Å². The Morgan fingerprint density at radius 3 is 2.52 bits per heavy atom. The van der Waals surface area contributed by atoms with Crippen molar-refractivity contribution >= 4 is 31.1 Å². The summed E-state index contributed by atoms with van der Waals surface area (Å²) in [5.74, 6) is 0. The van der Waals surface area contributed by atoms with E-state index < -0.39 is 17.9 Å². The summed E-state index contributed by atoms with van der Waals surface area (Å²) in [7, 11) is 14.0. The molecule has 0 heterocycles. The SMILES string of the molecule is [Cl][Zr]([Cl])([C]1=CCc2ccc3ccccc3c21)[CH]1C=CC=C1. The Balaban J connectivity index is 1.91. The van der Waals surface area contributed by atoms with Crippen LogP contribution >= 0.6 is 17.0 Å². The Morgan fingerprint density at radius 2 is 1.71 bits per heavy atom. The predicted molar refractivity (Wildman–Crippen MR) is 89.4 cm³/mol. The van der Waals surface area contributed by atoms with E-state index in [1.54, 1.807) is 0 Å². The average molecular weight is 392 g/mol. The van der Waals surface area contributed by atoms with Crippen molar-refractivity contribution in [2.75, 3.05) is 0 Å². The van der Waals surface area contributed by atoms with Crippen molar-refractivity contribution in [3.8, 4) is 0 Å². The fourth-order valence-electron chi connectivity index (χ4n) is 3.27. The zero-order valence-electron chi connectivity index (χ0n) is 11.4. The van der Waals surface area contributed by atoms with Gasteiger partial charge in [0.25, 0.3) is 0 Å². The first kappa shape index (κ1) is 14.0. The number of rotatable bonds is 2. The molecule has 0 N–H and O–H groups in total. The molecule has 2 aromatic carbocycles. The number of allylic oxidation sites excluding steroid dienone is 5. The van der Waals surface area contributed by atoms with Crippen LogP contribution < -0.4 is 0 Å². The van der Waals surface area contributed by atoms with Crippen LogP contribution in [0, 0.1) is 0 Å². The molecule has 21 heavy (non-hydrogen) atoms. The first-order valence-corrected chi connectivity index (χ1v) is 16.1. The van der Waals surface area contributed by atoms with Gasteiger partial charge in [-0.3, -0.25) is 0 Å². The molecule has 2 aliphatic carbocycles. The minimum atomic E-state index is -3.42. The first-order valence-electron chi connectivity index (χ1n) is 7.12. The molecule has 2 aliphatic rings. The Labute approximate surface area is 136 Å². The van der Waals surface area contributed by atoms with Gasteiger partial charge in [-0.25, -0.2) is 0 Å². The van der Waals surface area contributed by atoms with Crippen LogP contribution in [0.15, 0.2) is 66.8 Å². The number of hydrogen-bond acceptors (Lipinski definition) is 0. The van der Waals surface area contributed by atoms with E-state index >= 15 is 0 Å². The van der Waals surface area contributed by atoms with Crippen molar-refractivity contribution in [1.29, 1.82) is 0 Å². The van der Waals surface area contributed by atoms with Gasteiger partial charge < -0.3 is 0 Å². The molecule has 0 nitrogen and oxygen atoms in total. The molecule has 0 fully saturated rings. The maximum absolute atomic E-state index is 6.98. The quantitative estimate of drug-likeness (QED) is 0.578. The predicted octanol–water partition coefficient (Wildman–Crippen LogP) is 6.11. The molecular formula is C18H14Cl2Zr. The molecule has 0 unspecified atom stereocenters. The average Bonchev–Trinajstić information content (AvgIpc) is 3.17. The molecule has 0 aromatic heterocycles. The number of hydrogen-bond donors (Lipinski definition) is 0. The number of benzene rings is 2. The van der Waals surface area contributed by atoms with E-state index in [1.165, 1.54) is 25.2 Å². The van der Waals surface area contributed by atoms with Gasteiger partial charge in [0, 0.05) is 0 Å². The Bertz CT molecular complexity index is 803. The summed E-state index contributed by atoms with van der Waals surface area (Å²) in [6, 6.07) is 12.9. The van der Waals surface area contributed by atoms with Gasteiger partial charge >= 0.3 is 137 Å². The maximum atomic E-state index is 6.98. The molecule has 0 saturated heterocycles. The van der Waals surface area contributed by atoms with Crippen molar-refractivity contribution in [2.24, 2.45) is 0 Å². The number of halogens is 2. The Morgan fingerprint density at radius 1 is 0.952 bits per heavy atom. The summed E-state index contributed by atoms with van der Waals surface area (Å²) in [6.45, 7) is 0. The molecule has 0 amide bonds. The van der Waals surface area contributed by atoms with Gasteiger partial charge in [-0.15, -0.1) is 0 Å². The summed E-state index contributed by atoms with van der Waals surface area (Å²) in [5.41, 5.74) is 2.67. The standard InChI is InChI=1S/C13H9.C5H5.2ClH.Zr/c1-2-6-12-10(4-1)8-9-11-5-3-7-13(11)12;1-2-4-5-3-1;;;/h1-4,6,8-9H,5H2;1-5H;2*1H;/q;;;;+2/p-2. The molecule has 4 rings (SSSR count). The van der Waals surface area contributed by atoms with Crippen molar-refractivity contribution in [3.05, 3.63) is 77.9 Å². The second-order valence-corrected chi connectivity index (χ2v) is 19.8. The molecule has 0 spiro atoms. The van der Waals surface area contributed by atoms with Gasteiger partial charge in [-0.1, -0.05) is 0 Å². The van der Waals surface area contributed by atoms with E-state index in [1.807, 2.05) is 0 Å². The summed E-state index contributed by atoms with van der Waals surface area (Å²) in [6.07, 6.45) is 11.6. The molecule has 0 aliphatic heterocycles. The third kappa shape index (κ3) is 2.22. The molecule has 0 saturated carbocycles. The molecule has 104 valence electrons. The molecule has 0 radical (unpaired) electrons. The van der Waals surface area contributed by atoms with Crippen LogP contribution in [0.2, 0.25) is 3.63 Å². The van der Waals surface area contributed by atoms with Crippen LogP contribution in [-0.4, -0.2) is 0 Å².